The molecule has 0 unspecified atom stereocenters. The highest BCUT2D eigenvalue weighted by molar-refractivity contribution is 5.89. The normalized spacial score (nSPS) is 10.5. The molecule has 1 rings (SSSR count). The summed E-state index contributed by atoms with van der Waals surface area (Å²) in [7, 11) is 0. The van der Waals surface area contributed by atoms with Crippen molar-refractivity contribution in [2.75, 3.05) is 17.2 Å². The van der Waals surface area contributed by atoms with Crippen molar-refractivity contribution >= 4 is 29.7 Å². The predicted octanol–water partition coefficient (Wildman–Crippen LogP) is 2.36. The second-order valence-corrected chi connectivity index (χ2v) is 4.72. The third-order valence-electron chi connectivity index (χ3n) is 2.03. The average Bonchev–Trinajstić information content (AvgIpc) is 2.17. The molecule has 0 aromatic heterocycles. The van der Waals surface area contributed by atoms with Gasteiger partial charge in [0.1, 0.15) is 5.82 Å². The molecule has 1 aromatic rings. The predicted molar refractivity (Wildman–Crippen MR) is 74.7 cm³/mol. The fourth-order valence-electron chi connectivity index (χ4n) is 1.25. The maximum absolute atomic E-state index is 13.3. The fourth-order valence-corrected chi connectivity index (χ4v) is 1.25. The minimum atomic E-state index is -0.460. The van der Waals surface area contributed by atoms with Crippen LogP contribution in [0.5, 0.6) is 0 Å². The van der Waals surface area contributed by atoms with Gasteiger partial charge in [0.05, 0.1) is 5.69 Å². The summed E-state index contributed by atoms with van der Waals surface area (Å²) in [4.78, 5) is 10.9. The summed E-state index contributed by atoms with van der Waals surface area (Å²) in [5.74, 6) is -0.766. The van der Waals surface area contributed by atoms with Gasteiger partial charge in [0.15, 0.2) is 0 Å². The average molecular weight is 276 g/mol. The van der Waals surface area contributed by atoms with E-state index in [0.717, 1.165) is 0 Å². The Kier molecular flexibility index (Phi) is 6.08. The lowest BCUT2D eigenvalue weighted by atomic mass is 10.1. The number of hydrogen-bond acceptors (Lipinski definition) is 3. The summed E-state index contributed by atoms with van der Waals surface area (Å²) in [6.07, 6.45) is 0. The molecular weight excluding hydrogens is 257 g/mol. The molecule has 18 heavy (non-hydrogen) atoms. The minimum absolute atomic E-state index is 0. The Balaban J connectivity index is 0.00000289. The van der Waals surface area contributed by atoms with Gasteiger partial charge in [0.2, 0.25) is 5.91 Å². The Bertz CT molecular complexity index is 418. The quantitative estimate of drug-likeness (QED) is 0.790. The van der Waals surface area contributed by atoms with Crippen LogP contribution in [0.3, 0.4) is 0 Å². The first-order valence-electron chi connectivity index (χ1n) is 5.38. The third kappa shape index (κ3) is 5.84. The number of anilines is 2. The van der Waals surface area contributed by atoms with Gasteiger partial charge in [0.25, 0.3) is 0 Å². The topological polar surface area (TPSA) is 67.2 Å². The highest BCUT2D eigenvalue weighted by Gasteiger charge is 2.11. The van der Waals surface area contributed by atoms with Crippen molar-refractivity contribution in [1.82, 2.24) is 0 Å². The first-order chi connectivity index (χ1) is 7.78. The van der Waals surface area contributed by atoms with Crippen LogP contribution in [0.1, 0.15) is 20.8 Å². The zero-order chi connectivity index (χ0) is 13.1. The number of halogens is 2. The molecule has 6 heteroatoms. The van der Waals surface area contributed by atoms with Crippen LogP contribution in [0, 0.1) is 5.82 Å². The zero-order valence-corrected chi connectivity index (χ0v) is 11.5. The molecule has 1 amide bonds. The van der Waals surface area contributed by atoms with Gasteiger partial charge in [-0.15, -0.1) is 12.4 Å². The molecule has 0 aliphatic rings. The standard InChI is InChI=1S/C12H18FN3O.ClH/c1-8(17)16-11-6-9(4-5-10(11)13)15-7-12(2,3)14;/h4-6,15H,7,14H2,1-3H3,(H,16,17);1H. The summed E-state index contributed by atoms with van der Waals surface area (Å²) in [5, 5.41) is 5.51. The monoisotopic (exact) mass is 275 g/mol. The maximum atomic E-state index is 13.3. The molecule has 0 bridgehead atoms. The lowest BCUT2D eigenvalue weighted by molar-refractivity contribution is -0.114. The van der Waals surface area contributed by atoms with E-state index in [-0.39, 0.29) is 29.5 Å². The summed E-state index contributed by atoms with van der Waals surface area (Å²) in [5.41, 5.74) is 6.35. The molecule has 102 valence electrons. The third-order valence-corrected chi connectivity index (χ3v) is 2.03. The first-order valence-corrected chi connectivity index (χ1v) is 5.38. The van der Waals surface area contributed by atoms with Crippen molar-refractivity contribution in [2.24, 2.45) is 5.73 Å². The van der Waals surface area contributed by atoms with Crippen LogP contribution in [0.25, 0.3) is 0 Å². The number of benzene rings is 1. The molecule has 4 N–H and O–H groups in total. The minimum Gasteiger partial charge on any atom is -0.383 e. The van der Waals surface area contributed by atoms with Crippen molar-refractivity contribution in [2.45, 2.75) is 26.3 Å². The number of carbonyl (C=O) groups is 1. The molecule has 4 nitrogen and oxygen atoms in total. The van der Waals surface area contributed by atoms with E-state index in [4.69, 9.17) is 5.73 Å². The Morgan fingerprint density at radius 2 is 2.06 bits per heavy atom. The lowest BCUT2D eigenvalue weighted by Gasteiger charge is -2.20. The molecule has 0 fully saturated rings. The van der Waals surface area contributed by atoms with E-state index in [2.05, 4.69) is 10.6 Å². The highest BCUT2D eigenvalue weighted by atomic mass is 35.5. The molecular formula is C12H19ClFN3O. The second-order valence-electron chi connectivity index (χ2n) is 4.72. The van der Waals surface area contributed by atoms with E-state index in [9.17, 15) is 9.18 Å². The number of nitrogens with one attached hydrogen (secondary N) is 2. The second kappa shape index (κ2) is 6.56. The van der Waals surface area contributed by atoms with Gasteiger partial charge < -0.3 is 16.4 Å². The SMILES string of the molecule is CC(=O)Nc1cc(NCC(C)(C)N)ccc1F.Cl. The first kappa shape index (κ1) is 16.7. The van der Waals surface area contributed by atoms with Gasteiger partial charge >= 0.3 is 0 Å². The van der Waals surface area contributed by atoms with Crippen molar-refractivity contribution in [3.8, 4) is 0 Å². The van der Waals surface area contributed by atoms with Gasteiger partial charge in [0, 0.05) is 24.7 Å². The van der Waals surface area contributed by atoms with Crippen LogP contribution in [-0.2, 0) is 4.79 Å². The Hall–Kier alpha value is -1.33. The summed E-state index contributed by atoms with van der Waals surface area (Å²) in [6.45, 7) is 5.66. The molecule has 0 saturated carbocycles. The van der Waals surface area contributed by atoms with Crippen LogP contribution < -0.4 is 16.4 Å². The largest absolute Gasteiger partial charge is 0.383 e. The van der Waals surface area contributed by atoms with Gasteiger partial charge in [-0.05, 0) is 32.0 Å². The van der Waals surface area contributed by atoms with E-state index >= 15 is 0 Å². The number of carbonyl (C=O) groups excluding carboxylic acids is 1. The van der Waals surface area contributed by atoms with Gasteiger partial charge in [-0.3, -0.25) is 4.79 Å². The van der Waals surface area contributed by atoms with E-state index < -0.39 is 5.82 Å². The number of hydrogen-bond donors (Lipinski definition) is 3. The van der Waals surface area contributed by atoms with Crippen LogP contribution in [0.2, 0.25) is 0 Å². The molecule has 1 aromatic carbocycles. The van der Waals surface area contributed by atoms with Crippen LogP contribution in [-0.4, -0.2) is 18.0 Å². The van der Waals surface area contributed by atoms with Gasteiger partial charge in [-0.1, -0.05) is 0 Å². The van der Waals surface area contributed by atoms with Crippen LogP contribution in [0.4, 0.5) is 15.8 Å². The maximum Gasteiger partial charge on any atom is 0.221 e. The van der Waals surface area contributed by atoms with Crippen molar-refractivity contribution in [1.29, 1.82) is 0 Å². The summed E-state index contributed by atoms with van der Waals surface area (Å²) < 4.78 is 13.3. The number of amides is 1. The molecule has 0 atom stereocenters. The molecule has 0 aliphatic heterocycles. The lowest BCUT2D eigenvalue weighted by Crippen LogP contribution is -2.39. The fraction of sp³-hybridized carbons (Fsp3) is 0.417. The summed E-state index contributed by atoms with van der Waals surface area (Å²) >= 11 is 0. The van der Waals surface area contributed by atoms with Crippen LogP contribution >= 0.6 is 12.4 Å². The van der Waals surface area contributed by atoms with Crippen molar-refractivity contribution in [3.63, 3.8) is 0 Å². The molecule has 0 saturated heterocycles. The number of nitrogens with two attached hydrogens (primary N) is 1. The van der Waals surface area contributed by atoms with E-state index in [1.54, 1.807) is 12.1 Å². The zero-order valence-electron chi connectivity index (χ0n) is 10.7. The van der Waals surface area contributed by atoms with E-state index in [1.165, 1.54) is 13.0 Å². The van der Waals surface area contributed by atoms with Crippen molar-refractivity contribution < 1.29 is 9.18 Å². The molecule has 0 spiro atoms. The molecule has 0 aliphatic carbocycles. The van der Waals surface area contributed by atoms with Gasteiger partial charge in [-0.25, -0.2) is 4.39 Å². The smallest absolute Gasteiger partial charge is 0.221 e. The number of rotatable bonds is 4. The Labute approximate surface area is 113 Å². The van der Waals surface area contributed by atoms with E-state index in [0.29, 0.717) is 12.2 Å². The summed E-state index contributed by atoms with van der Waals surface area (Å²) in [6, 6.07) is 4.45. The molecule has 0 radical (unpaired) electrons. The highest BCUT2D eigenvalue weighted by Crippen LogP contribution is 2.19. The van der Waals surface area contributed by atoms with Crippen LogP contribution in [0.15, 0.2) is 18.2 Å². The molecule has 0 heterocycles. The van der Waals surface area contributed by atoms with Gasteiger partial charge in [-0.2, -0.15) is 0 Å². The Morgan fingerprint density at radius 1 is 1.44 bits per heavy atom. The Morgan fingerprint density at radius 3 is 2.56 bits per heavy atom. The van der Waals surface area contributed by atoms with E-state index in [1.807, 2.05) is 13.8 Å². The van der Waals surface area contributed by atoms with Crippen molar-refractivity contribution in [3.05, 3.63) is 24.0 Å².